The first-order chi connectivity index (χ1) is 19.7. The molecule has 0 atom stereocenters. The van der Waals surface area contributed by atoms with Gasteiger partial charge in [-0.2, -0.15) is 22.7 Å². The van der Waals surface area contributed by atoms with Gasteiger partial charge in [0.2, 0.25) is 17.7 Å². The average molecular weight is 570 g/mol. The molecule has 41 heavy (non-hydrogen) atoms. The van der Waals surface area contributed by atoms with Gasteiger partial charge in [-0.05, 0) is 59.9 Å². The monoisotopic (exact) mass is 569 g/mol. The zero-order chi connectivity index (χ0) is 29.2. The maximum absolute atomic E-state index is 14.4. The summed E-state index contributed by atoms with van der Waals surface area (Å²) in [6.07, 6.45) is -2.09. The lowest BCUT2D eigenvalue weighted by Gasteiger charge is -2.19. The maximum Gasteiger partial charge on any atom is 0.393 e. The largest absolute Gasteiger partial charge is 0.476 e. The highest BCUT2D eigenvalue weighted by Crippen LogP contribution is 2.40. The summed E-state index contributed by atoms with van der Waals surface area (Å²) < 4.78 is 61.7. The predicted molar refractivity (Wildman–Crippen MR) is 150 cm³/mol. The molecule has 3 N–H and O–H groups in total. The molecule has 2 aromatic heterocycles. The molecule has 0 spiro atoms. The molecular formula is C30H31F4N5O2. The second-order valence-electron chi connectivity index (χ2n) is 9.39. The Bertz CT molecular complexity index is 1470. The number of amides is 1. The quantitative estimate of drug-likeness (QED) is 0.106. The number of fused-ring (bicyclic) bond motifs is 1. The van der Waals surface area contributed by atoms with E-state index < -0.39 is 18.5 Å². The van der Waals surface area contributed by atoms with Crippen LogP contribution in [0.2, 0.25) is 0 Å². The topological polar surface area (TPSA) is 91.9 Å². The van der Waals surface area contributed by atoms with Gasteiger partial charge < -0.3 is 15.4 Å². The SMILES string of the molecule is CNC(=O)CCCCNCCOc1ccc(/C(=C(/CC(F)(F)F)c2ccccc2)c2ccc3n[nH]c(F)c3c2)cn1. The number of nitrogens with zero attached hydrogens (tertiary/aromatic N) is 2. The molecule has 1 amide bonds. The molecule has 0 aliphatic carbocycles. The van der Waals surface area contributed by atoms with Crippen LogP contribution in [-0.4, -0.2) is 54.0 Å². The van der Waals surface area contributed by atoms with Gasteiger partial charge in [-0.15, -0.1) is 0 Å². The Morgan fingerprint density at radius 2 is 1.76 bits per heavy atom. The van der Waals surface area contributed by atoms with E-state index in [4.69, 9.17) is 4.74 Å². The number of aromatic nitrogens is 3. The van der Waals surface area contributed by atoms with Crippen molar-refractivity contribution in [2.45, 2.75) is 31.9 Å². The third kappa shape index (κ3) is 8.37. The second kappa shape index (κ2) is 13.9. The van der Waals surface area contributed by atoms with Crippen molar-refractivity contribution in [1.82, 2.24) is 25.8 Å². The van der Waals surface area contributed by atoms with Crippen molar-refractivity contribution in [2.75, 3.05) is 26.7 Å². The Kier molecular flexibility index (Phi) is 10.1. The second-order valence-corrected chi connectivity index (χ2v) is 9.39. The van der Waals surface area contributed by atoms with Gasteiger partial charge in [0, 0.05) is 37.8 Å². The fourth-order valence-electron chi connectivity index (χ4n) is 4.45. The number of aromatic amines is 1. The fourth-order valence-corrected chi connectivity index (χ4v) is 4.45. The lowest BCUT2D eigenvalue weighted by atomic mass is 9.88. The lowest BCUT2D eigenvalue weighted by Crippen LogP contribution is -2.23. The van der Waals surface area contributed by atoms with Gasteiger partial charge >= 0.3 is 6.18 Å². The number of benzene rings is 2. The molecule has 0 aliphatic rings. The first kappa shape index (κ1) is 29.7. The highest BCUT2D eigenvalue weighted by molar-refractivity contribution is 6.00. The van der Waals surface area contributed by atoms with Crippen LogP contribution in [-0.2, 0) is 4.79 Å². The van der Waals surface area contributed by atoms with Crippen LogP contribution >= 0.6 is 0 Å². The van der Waals surface area contributed by atoms with Gasteiger partial charge in [-0.3, -0.25) is 9.89 Å². The van der Waals surface area contributed by atoms with E-state index in [0.717, 1.165) is 19.4 Å². The highest BCUT2D eigenvalue weighted by atomic mass is 19.4. The number of rotatable bonds is 13. The lowest BCUT2D eigenvalue weighted by molar-refractivity contribution is -0.123. The Morgan fingerprint density at radius 1 is 0.976 bits per heavy atom. The maximum atomic E-state index is 14.4. The minimum absolute atomic E-state index is 0.0179. The number of alkyl halides is 3. The Hall–Kier alpha value is -4.25. The van der Waals surface area contributed by atoms with E-state index in [2.05, 4.69) is 25.8 Å². The molecule has 0 bridgehead atoms. The summed E-state index contributed by atoms with van der Waals surface area (Å²) in [5, 5.41) is 12.2. The van der Waals surface area contributed by atoms with Crippen molar-refractivity contribution in [1.29, 1.82) is 0 Å². The number of carbonyl (C=O) groups excluding carboxylic acids is 1. The van der Waals surface area contributed by atoms with E-state index >= 15 is 0 Å². The molecule has 0 aliphatic heterocycles. The third-order valence-electron chi connectivity index (χ3n) is 6.44. The van der Waals surface area contributed by atoms with Crippen LogP contribution in [0.25, 0.3) is 22.0 Å². The summed E-state index contributed by atoms with van der Waals surface area (Å²) in [5.74, 6) is -0.326. The zero-order valence-electron chi connectivity index (χ0n) is 22.5. The molecule has 0 unspecified atom stereocenters. The Balaban J connectivity index is 1.57. The van der Waals surface area contributed by atoms with E-state index in [1.165, 1.54) is 12.3 Å². The van der Waals surface area contributed by atoms with E-state index in [1.54, 1.807) is 61.6 Å². The van der Waals surface area contributed by atoms with Crippen molar-refractivity contribution < 1.29 is 27.1 Å². The van der Waals surface area contributed by atoms with Gasteiger partial charge in [0.25, 0.3) is 0 Å². The standard InChI is InChI=1S/C30H31F4N5O2/c1-35-26(40)9-5-6-14-36-15-16-41-27-13-11-22(19-37-27)28(21-10-12-25-23(17-21)29(31)39-38-25)24(18-30(32,33)34)20-7-3-2-4-8-20/h2-4,7-8,10-13,17,19,36H,5-6,9,14-16,18H2,1H3,(H,35,40)(H,38,39)/b28-24-. The van der Waals surface area contributed by atoms with E-state index in [1.807, 2.05) is 0 Å². The van der Waals surface area contributed by atoms with Crippen molar-refractivity contribution in [2.24, 2.45) is 0 Å². The number of unbranched alkanes of at least 4 members (excludes halogenated alkanes) is 1. The number of hydrogen-bond acceptors (Lipinski definition) is 5. The number of hydrogen-bond donors (Lipinski definition) is 3. The number of ether oxygens (including phenoxy) is 1. The fraction of sp³-hybridized carbons (Fsp3) is 0.300. The normalized spacial score (nSPS) is 12.3. The van der Waals surface area contributed by atoms with Crippen molar-refractivity contribution in [3.8, 4) is 5.88 Å². The van der Waals surface area contributed by atoms with E-state index in [-0.39, 0.29) is 22.4 Å². The smallest absolute Gasteiger partial charge is 0.393 e. The molecule has 4 aromatic rings. The predicted octanol–water partition coefficient (Wildman–Crippen LogP) is 5.89. The molecular weight excluding hydrogens is 538 g/mol. The summed E-state index contributed by atoms with van der Waals surface area (Å²) in [7, 11) is 1.61. The van der Waals surface area contributed by atoms with Crippen molar-refractivity contribution >= 4 is 28.0 Å². The van der Waals surface area contributed by atoms with E-state index in [9.17, 15) is 22.4 Å². The molecule has 0 saturated heterocycles. The Labute approximate surface area is 235 Å². The number of H-pyrrole nitrogens is 1. The van der Waals surface area contributed by atoms with Gasteiger partial charge in [0.15, 0.2) is 0 Å². The Morgan fingerprint density at radius 3 is 2.46 bits per heavy atom. The van der Waals surface area contributed by atoms with Crippen LogP contribution in [0.3, 0.4) is 0 Å². The summed E-state index contributed by atoms with van der Waals surface area (Å²) >= 11 is 0. The molecule has 2 heterocycles. The number of halogens is 4. The summed E-state index contributed by atoms with van der Waals surface area (Å²) in [6.45, 7) is 1.64. The number of allylic oxidation sites excluding steroid dienone is 1. The average Bonchev–Trinajstić information content (AvgIpc) is 3.34. The van der Waals surface area contributed by atoms with Crippen molar-refractivity contribution in [3.63, 3.8) is 0 Å². The van der Waals surface area contributed by atoms with Crippen LogP contribution < -0.4 is 15.4 Å². The first-order valence-electron chi connectivity index (χ1n) is 13.2. The molecule has 11 heteroatoms. The van der Waals surface area contributed by atoms with Crippen LogP contribution in [0.15, 0.2) is 66.9 Å². The van der Waals surface area contributed by atoms with Crippen LogP contribution in [0, 0.1) is 5.95 Å². The minimum atomic E-state index is -4.49. The third-order valence-corrected chi connectivity index (χ3v) is 6.44. The van der Waals surface area contributed by atoms with Crippen molar-refractivity contribution in [3.05, 3.63) is 89.5 Å². The molecule has 0 saturated carbocycles. The number of carbonyl (C=O) groups is 1. The van der Waals surface area contributed by atoms with Crippen LogP contribution in [0.4, 0.5) is 17.6 Å². The molecule has 0 radical (unpaired) electrons. The summed E-state index contributed by atoms with van der Waals surface area (Å²) in [6, 6.07) is 16.3. The van der Waals surface area contributed by atoms with E-state index in [0.29, 0.717) is 47.7 Å². The zero-order valence-corrected chi connectivity index (χ0v) is 22.5. The molecule has 4 rings (SSSR count). The molecule has 216 valence electrons. The van der Waals surface area contributed by atoms with Crippen LogP contribution in [0.1, 0.15) is 42.4 Å². The first-order valence-corrected chi connectivity index (χ1v) is 13.2. The molecule has 7 nitrogen and oxygen atoms in total. The molecule has 2 aromatic carbocycles. The van der Waals surface area contributed by atoms with Gasteiger partial charge in [0.1, 0.15) is 6.61 Å². The number of nitrogens with one attached hydrogen (secondary N) is 3. The summed E-state index contributed by atoms with van der Waals surface area (Å²) in [4.78, 5) is 15.6. The van der Waals surface area contributed by atoms with Gasteiger partial charge in [-0.1, -0.05) is 36.4 Å². The van der Waals surface area contributed by atoms with Gasteiger partial charge in [0.05, 0.1) is 17.3 Å². The van der Waals surface area contributed by atoms with Gasteiger partial charge in [-0.25, -0.2) is 4.98 Å². The van der Waals surface area contributed by atoms with Crippen LogP contribution in [0.5, 0.6) is 5.88 Å². The molecule has 0 fully saturated rings. The minimum Gasteiger partial charge on any atom is -0.476 e. The number of pyridine rings is 1. The summed E-state index contributed by atoms with van der Waals surface area (Å²) in [5.41, 5.74) is 1.92. The highest BCUT2D eigenvalue weighted by Gasteiger charge is 2.31.